The molecule has 14 heavy (non-hydrogen) atoms. The van der Waals surface area contributed by atoms with E-state index in [9.17, 15) is 23.3 Å². The molecule has 0 saturated heterocycles. The van der Waals surface area contributed by atoms with Gasteiger partial charge in [0.15, 0.2) is 0 Å². The van der Waals surface area contributed by atoms with Crippen molar-refractivity contribution >= 4 is 17.3 Å². The van der Waals surface area contributed by atoms with Crippen molar-refractivity contribution < 1.29 is 18.1 Å². The molecule has 0 aliphatic heterocycles. The SMILES string of the molecule is O=[N+]([O-])c1cc(Cl)ccc1C(F)(F)F. The minimum atomic E-state index is -4.74. The molecule has 0 aliphatic carbocycles. The summed E-state index contributed by atoms with van der Waals surface area (Å²) in [5.74, 6) is 0. The maximum absolute atomic E-state index is 12.2. The highest BCUT2D eigenvalue weighted by atomic mass is 35.5. The van der Waals surface area contributed by atoms with Crippen LogP contribution < -0.4 is 0 Å². The summed E-state index contributed by atoms with van der Waals surface area (Å²) < 4.78 is 36.6. The molecule has 0 unspecified atom stereocenters. The molecule has 0 atom stereocenters. The summed E-state index contributed by atoms with van der Waals surface area (Å²) in [7, 11) is 0. The Morgan fingerprint density at radius 2 is 1.93 bits per heavy atom. The van der Waals surface area contributed by atoms with Crippen LogP contribution in [-0.4, -0.2) is 4.92 Å². The predicted octanol–water partition coefficient (Wildman–Crippen LogP) is 3.27. The maximum Gasteiger partial charge on any atom is 0.422 e. The molecule has 7 heteroatoms. The zero-order valence-corrected chi connectivity index (χ0v) is 7.26. The van der Waals surface area contributed by atoms with E-state index in [0.29, 0.717) is 12.1 Å². The summed E-state index contributed by atoms with van der Waals surface area (Å²) >= 11 is 5.34. The van der Waals surface area contributed by atoms with Crippen molar-refractivity contribution in [3.8, 4) is 0 Å². The molecular weight excluding hydrogens is 223 g/mol. The standard InChI is InChI=1S/C7H3ClF3NO2/c8-4-1-2-5(7(9,10)11)6(3-4)12(13)14/h1-3H. The second-order valence-corrected chi connectivity index (χ2v) is 2.85. The number of nitro groups is 1. The van der Waals surface area contributed by atoms with Gasteiger partial charge in [0.1, 0.15) is 5.56 Å². The number of hydrogen-bond donors (Lipinski definition) is 0. The van der Waals surface area contributed by atoms with E-state index in [2.05, 4.69) is 0 Å². The molecule has 1 aromatic carbocycles. The number of benzene rings is 1. The quantitative estimate of drug-likeness (QED) is 0.544. The first-order chi connectivity index (χ1) is 6.32. The third-order valence-corrected chi connectivity index (χ3v) is 1.70. The summed E-state index contributed by atoms with van der Waals surface area (Å²) in [5, 5.41) is 10.2. The zero-order chi connectivity index (χ0) is 10.9. The van der Waals surface area contributed by atoms with Crippen LogP contribution >= 0.6 is 11.6 Å². The lowest BCUT2D eigenvalue weighted by Gasteiger charge is -2.06. The lowest BCUT2D eigenvalue weighted by molar-refractivity contribution is -0.388. The van der Waals surface area contributed by atoms with Gasteiger partial charge >= 0.3 is 6.18 Å². The fourth-order valence-corrected chi connectivity index (χ4v) is 1.06. The average molecular weight is 226 g/mol. The largest absolute Gasteiger partial charge is 0.422 e. The molecule has 76 valence electrons. The molecule has 0 bridgehead atoms. The van der Waals surface area contributed by atoms with Gasteiger partial charge in [-0.1, -0.05) is 11.6 Å². The highest BCUT2D eigenvalue weighted by molar-refractivity contribution is 6.30. The van der Waals surface area contributed by atoms with Gasteiger partial charge < -0.3 is 0 Å². The minimum Gasteiger partial charge on any atom is -0.258 e. The zero-order valence-electron chi connectivity index (χ0n) is 6.51. The fourth-order valence-electron chi connectivity index (χ4n) is 0.896. The molecule has 0 N–H and O–H groups in total. The summed E-state index contributed by atoms with van der Waals surface area (Å²) in [6, 6.07) is 2.21. The van der Waals surface area contributed by atoms with Crippen LogP contribution in [0.5, 0.6) is 0 Å². The van der Waals surface area contributed by atoms with Gasteiger partial charge in [-0.25, -0.2) is 0 Å². The van der Waals surface area contributed by atoms with Gasteiger partial charge in [-0.05, 0) is 12.1 Å². The first-order valence-corrected chi connectivity index (χ1v) is 3.71. The van der Waals surface area contributed by atoms with Crippen molar-refractivity contribution in [2.75, 3.05) is 0 Å². The molecule has 0 radical (unpaired) electrons. The highest BCUT2D eigenvalue weighted by Gasteiger charge is 2.38. The van der Waals surface area contributed by atoms with Crippen molar-refractivity contribution in [3.63, 3.8) is 0 Å². The molecule has 0 aliphatic rings. The van der Waals surface area contributed by atoms with Crippen LogP contribution in [0, 0.1) is 10.1 Å². The lowest BCUT2D eigenvalue weighted by atomic mass is 10.2. The van der Waals surface area contributed by atoms with E-state index in [0.717, 1.165) is 6.07 Å². The van der Waals surface area contributed by atoms with Crippen LogP contribution in [-0.2, 0) is 6.18 Å². The van der Waals surface area contributed by atoms with Gasteiger partial charge in [0.05, 0.1) is 4.92 Å². The molecule has 0 saturated carbocycles. The van der Waals surface area contributed by atoms with Gasteiger partial charge in [0, 0.05) is 11.1 Å². The summed E-state index contributed by atoms with van der Waals surface area (Å²) in [4.78, 5) is 9.15. The van der Waals surface area contributed by atoms with E-state index < -0.39 is 22.4 Å². The van der Waals surface area contributed by atoms with Crippen molar-refractivity contribution in [3.05, 3.63) is 38.9 Å². The molecule has 3 nitrogen and oxygen atoms in total. The molecular formula is C7H3ClF3NO2. The molecule has 0 fully saturated rings. The molecule has 0 spiro atoms. The average Bonchev–Trinajstić information content (AvgIpc) is 2.01. The third-order valence-electron chi connectivity index (χ3n) is 1.46. The van der Waals surface area contributed by atoms with Gasteiger partial charge in [-0.15, -0.1) is 0 Å². The number of alkyl halides is 3. The predicted molar refractivity (Wildman–Crippen MR) is 43.1 cm³/mol. The van der Waals surface area contributed by atoms with Crippen LogP contribution in [0.25, 0.3) is 0 Å². The monoisotopic (exact) mass is 225 g/mol. The Balaban J connectivity index is 3.37. The number of hydrogen-bond acceptors (Lipinski definition) is 2. The van der Waals surface area contributed by atoms with Crippen molar-refractivity contribution in [2.24, 2.45) is 0 Å². The van der Waals surface area contributed by atoms with Crippen LogP contribution in [0.4, 0.5) is 18.9 Å². The number of nitrogens with zero attached hydrogens (tertiary/aromatic N) is 1. The van der Waals surface area contributed by atoms with Crippen LogP contribution in [0.3, 0.4) is 0 Å². The van der Waals surface area contributed by atoms with E-state index in [1.807, 2.05) is 0 Å². The topological polar surface area (TPSA) is 43.1 Å². The first-order valence-electron chi connectivity index (χ1n) is 3.33. The van der Waals surface area contributed by atoms with Crippen LogP contribution in [0.2, 0.25) is 5.02 Å². The van der Waals surface area contributed by atoms with E-state index in [1.54, 1.807) is 0 Å². The summed E-state index contributed by atoms with van der Waals surface area (Å²) in [6.45, 7) is 0. The fraction of sp³-hybridized carbons (Fsp3) is 0.143. The summed E-state index contributed by atoms with van der Waals surface area (Å²) in [5.41, 5.74) is -2.34. The van der Waals surface area contributed by atoms with Crippen molar-refractivity contribution in [1.82, 2.24) is 0 Å². The van der Waals surface area contributed by atoms with E-state index >= 15 is 0 Å². The minimum absolute atomic E-state index is 0.107. The third kappa shape index (κ3) is 2.14. The normalized spacial score (nSPS) is 11.4. The molecule has 0 amide bonds. The number of halogens is 4. The van der Waals surface area contributed by atoms with Crippen molar-refractivity contribution in [1.29, 1.82) is 0 Å². The Hall–Kier alpha value is -1.30. The van der Waals surface area contributed by atoms with Gasteiger partial charge in [-0.2, -0.15) is 13.2 Å². The second kappa shape index (κ2) is 3.45. The van der Waals surface area contributed by atoms with Crippen LogP contribution in [0.1, 0.15) is 5.56 Å². The van der Waals surface area contributed by atoms with Crippen LogP contribution in [0.15, 0.2) is 18.2 Å². The van der Waals surface area contributed by atoms with Crippen molar-refractivity contribution in [2.45, 2.75) is 6.18 Å². The Morgan fingerprint density at radius 1 is 1.36 bits per heavy atom. The molecule has 0 heterocycles. The summed E-state index contributed by atoms with van der Waals surface area (Å²) in [6.07, 6.45) is -4.74. The Labute approximate surface area is 81.2 Å². The van der Waals surface area contributed by atoms with Gasteiger partial charge in [0.25, 0.3) is 5.69 Å². The lowest BCUT2D eigenvalue weighted by Crippen LogP contribution is -2.08. The maximum atomic E-state index is 12.2. The number of rotatable bonds is 1. The van der Waals surface area contributed by atoms with E-state index in [1.165, 1.54) is 0 Å². The van der Waals surface area contributed by atoms with E-state index in [4.69, 9.17) is 11.6 Å². The first kappa shape index (κ1) is 10.8. The van der Waals surface area contributed by atoms with Gasteiger partial charge in [0.2, 0.25) is 0 Å². The molecule has 1 rings (SSSR count). The number of nitro benzene ring substituents is 1. The Bertz CT molecular complexity index is 378. The van der Waals surface area contributed by atoms with E-state index in [-0.39, 0.29) is 5.02 Å². The Morgan fingerprint density at radius 3 is 2.36 bits per heavy atom. The van der Waals surface area contributed by atoms with Gasteiger partial charge in [-0.3, -0.25) is 10.1 Å². The second-order valence-electron chi connectivity index (χ2n) is 2.42. The Kier molecular flexibility index (Phi) is 2.66. The molecule has 0 aromatic heterocycles. The molecule has 1 aromatic rings. The smallest absolute Gasteiger partial charge is 0.258 e. The highest BCUT2D eigenvalue weighted by Crippen LogP contribution is 2.37.